The van der Waals surface area contributed by atoms with Crippen molar-refractivity contribution in [2.24, 2.45) is 0 Å². The lowest BCUT2D eigenvalue weighted by molar-refractivity contribution is -0.384. The van der Waals surface area contributed by atoms with Gasteiger partial charge in [0.25, 0.3) is 11.6 Å². The highest BCUT2D eigenvalue weighted by Crippen LogP contribution is 2.35. The highest BCUT2D eigenvalue weighted by atomic mass is 35.5. The number of nitro groups is 1. The number of nitro benzene ring substituents is 1. The van der Waals surface area contributed by atoms with Gasteiger partial charge in [0.2, 0.25) is 0 Å². The second kappa shape index (κ2) is 8.56. The Kier molecular flexibility index (Phi) is 5.65. The van der Waals surface area contributed by atoms with E-state index in [9.17, 15) is 19.7 Å². The molecule has 1 aliphatic heterocycles. The van der Waals surface area contributed by atoms with Crippen LogP contribution in [0.25, 0.3) is 17.4 Å². The Labute approximate surface area is 187 Å². The normalized spacial score (nSPS) is 14.7. The van der Waals surface area contributed by atoms with Crippen molar-refractivity contribution in [3.05, 3.63) is 86.8 Å². The third kappa shape index (κ3) is 4.19. The van der Waals surface area contributed by atoms with Crippen LogP contribution >= 0.6 is 11.6 Å². The van der Waals surface area contributed by atoms with Crippen LogP contribution in [-0.2, 0) is 11.3 Å². The minimum absolute atomic E-state index is 0.0517. The number of hydrogen-bond donors (Lipinski definition) is 1. The van der Waals surface area contributed by atoms with Gasteiger partial charge in [-0.3, -0.25) is 19.8 Å². The van der Waals surface area contributed by atoms with Crippen LogP contribution in [0.4, 0.5) is 10.5 Å². The highest BCUT2D eigenvalue weighted by molar-refractivity contribution is 6.30. The van der Waals surface area contributed by atoms with Crippen LogP contribution in [0.1, 0.15) is 11.3 Å². The molecule has 4 rings (SSSR count). The molecule has 0 unspecified atom stereocenters. The molecule has 0 bridgehead atoms. The van der Waals surface area contributed by atoms with Crippen LogP contribution in [0.5, 0.6) is 5.75 Å². The molecule has 1 fully saturated rings. The van der Waals surface area contributed by atoms with Gasteiger partial charge >= 0.3 is 6.03 Å². The van der Waals surface area contributed by atoms with Crippen LogP contribution in [0.15, 0.2) is 64.7 Å². The fourth-order valence-corrected chi connectivity index (χ4v) is 3.33. The lowest BCUT2D eigenvalue weighted by Crippen LogP contribution is -2.30. The van der Waals surface area contributed by atoms with E-state index in [-0.39, 0.29) is 23.7 Å². The van der Waals surface area contributed by atoms with E-state index in [0.29, 0.717) is 22.1 Å². The minimum Gasteiger partial charge on any atom is -0.496 e. The average Bonchev–Trinajstić information content (AvgIpc) is 3.35. The number of halogens is 1. The molecular weight excluding hydrogens is 438 g/mol. The van der Waals surface area contributed by atoms with Crippen molar-refractivity contribution >= 4 is 35.3 Å². The van der Waals surface area contributed by atoms with Gasteiger partial charge in [-0.1, -0.05) is 23.7 Å². The molecule has 3 aromatic rings. The maximum absolute atomic E-state index is 12.7. The molecule has 0 aliphatic carbocycles. The predicted octanol–water partition coefficient (Wildman–Crippen LogP) is 4.61. The van der Waals surface area contributed by atoms with Gasteiger partial charge in [-0.15, -0.1) is 0 Å². The Bertz CT molecular complexity index is 1250. The number of nitrogens with zero attached hydrogens (tertiary/aromatic N) is 2. The maximum Gasteiger partial charge on any atom is 0.329 e. The van der Waals surface area contributed by atoms with Crippen molar-refractivity contribution in [2.45, 2.75) is 6.54 Å². The summed E-state index contributed by atoms with van der Waals surface area (Å²) in [6.45, 7) is 0.0907. The molecule has 0 radical (unpaired) electrons. The summed E-state index contributed by atoms with van der Waals surface area (Å²) < 4.78 is 11.0. The fourth-order valence-electron chi connectivity index (χ4n) is 3.21. The number of amides is 3. The molecule has 2 aromatic carbocycles. The van der Waals surface area contributed by atoms with Crippen LogP contribution in [0, 0.1) is 10.1 Å². The van der Waals surface area contributed by atoms with Gasteiger partial charge in [0.15, 0.2) is 0 Å². The van der Waals surface area contributed by atoms with Crippen molar-refractivity contribution in [1.82, 2.24) is 10.2 Å². The zero-order valence-corrected chi connectivity index (χ0v) is 17.5. The number of rotatable bonds is 6. The zero-order valence-electron chi connectivity index (χ0n) is 16.7. The Morgan fingerprint density at radius 3 is 2.59 bits per heavy atom. The first-order valence-corrected chi connectivity index (χ1v) is 9.75. The number of urea groups is 1. The second-order valence-corrected chi connectivity index (χ2v) is 7.29. The van der Waals surface area contributed by atoms with Gasteiger partial charge in [0.1, 0.15) is 23.0 Å². The Morgan fingerprint density at radius 2 is 1.91 bits per heavy atom. The number of carbonyl (C=O) groups excluding carboxylic acids is 2. The first-order chi connectivity index (χ1) is 15.4. The Morgan fingerprint density at radius 1 is 1.16 bits per heavy atom. The lowest BCUT2D eigenvalue weighted by Gasteiger charge is -2.11. The second-order valence-electron chi connectivity index (χ2n) is 6.85. The van der Waals surface area contributed by atoms with Gasteiger partial charge in [-0.2, -0.15) is 0 Å². The van der Waals surface area contributed by atoms with Gasteiger partial charge in [-0.25, -0.2) is 4.79 Å². The minimum atomic E-state index is -0.552. The number of furan rings is 1. The fraction of sp³-hybridized carbons (Fsp3) is 0.0909. The molecule has 9 nitrogen and oxygen atoms in total. The number of methoxy groups -OCH3 is 1. The van der Waals surface area contributed by atoms with E-state index in [0.717, 1.165) is 10.5 Å². The van der Waals surface area contributed by atoms with Gasteiger partial charge in [0, 0.05) is 23.2 Å². The predicted molar refractivity (Wildman–Crippen MR) is 116 cm³/mol. The third-order valence-corrected chi connectivity index (χ3v) is 5.04. The van der Waals surface area contributed by atoms with Crippen molar-refractivity contribution in [3.8, 4) is 17.1 Å². The summed E-state index contributed by atoms with van der Waals surface area (Å²) in [6.07, 6.45) is 1.40. The highest BCUT2D eigenvalue weighted by Gasteiger charge is 2.33. The summed E-state index contributed by atoms with van der Waals surface area (Å²) in [5.74, 6) is 0.483. The molecule has 1 aliphatic rings. The Balaban J connectivity index is 1.58. The third-order valence-electron chi connectivity index (χ3n) is 4.79. The first-order valence-electron chi connectivity index (χ1n) is 9.37. The van der Waals surface area contributed by atoms with Gasteiger partial charge in [0.05, 0.1) is 24.1 Å². The van der Waals surface area contributed by atoms with Gasteiger partial charge in [-0.05, 0) is 35.9 Å². The zero-order chi connectivity index (χ0) is 22.8. The van der Waals surface area contributed by atoms with E-state index in [1.165, 1.54) is 31.4 Å². The van der Waals surface area contributed by atoms with E-state index in [4.69, 9.17) is 20.8 Å². The molecule has 1 aromatic heterocycles. The maximum atomic E-state index is 12.7. The number of carbonyl (C=O) groups is 2. The molecule has 3 amide bonds. The smallest absolute Gasteiger partial charge is 0.329 e. The summed E-state index contributed by atoms with van der Waals surface area (Å²) in [7, 11) is 1.44. The topological polar surface area (TPSA) is 115 Å². The molecular formula is C22H16ClN3O6. The molecule has 162 valence electrons. The number of nitrogens with one attached hydrogen (secondary N) is 1. The standard InChI is InChI=1S/C22H16ClN3O6/c1-31-19-8-6-15(26(29)30)10-17(19)20-9-7-16(32-20)11-18-21(27)25(22(28)24-18)12-13-2-4-14(23)5-3-13/h2-11H,12H2,1H3,(H,24,28). The quantitative estimate of drug-likeness (QED) is 0.252. The largest absolute Gasteiger partial charge is 0.496 e. The number of ether oxygens (including phenoxy) is 1. The van der Waals surface area contributed by atoms with Crippen molar-refractivity contribution in [1.29, 1.82) is 0 Å². The van der Waals surface area contributed by atoms with E-state index in [1.54, 1.807) is 36.4 Å². The summed E-state index contributed by atoms with van der Waals surface area (Å²) in [5, 5.41) is 14.2. The summed E-state index contributed by atoms with van der Waals surface area (Å²) in [5.41, 5.74) is 1.07. The molecule has 0 saturated carbocycles. The average molecular weight is 454 g/mol. The van der Waals surface area contributed by atoms with E-state index in [2.05, 4.69) is 5.32 Å². The van der Waals surface area contributed by atoms with Crippen molar-refractivity contribution in [2.75, 3.05) is 7.11 Å². The van der Waals surface area contributed by atoms with E-state index >= 15 is 0 Å². The van der Waals surface area contributed by atoms with E-state index in [1.807, 2.05) is 0 Å². The molecule has 10 heteroatoms. The molecule has 2 heterocycles. The number of imide groups is 1. The number of non-ortho nitro benzene ring substituents is 1. The molecule has 1 saturated heterocycles. The molecule has 0 spiro atoms. The van der Waals surface area contributed by atoms with Crippen molar-refractivity contribution in [3.63, 3.8) is 0 Å². The first kappa shape index (κ1) is 21.1. The molecule has 1 N–H and O–H groups in total. The van der Waals surface area contributed by atoms with E-state index < -0.39 is 16.9 Å². The molecule has 32 heavy (non-hydrogen) atoms. The van der Waals surface area contributed by atoms with Crippen LogP contribution in [0.3, 0.4) is 0 Å². The van der Waals surface area contributed by atoms with Crippen molar-refractivity contribution < 1.29 is 23.7 Å². The number of hydrogen-bond acceptors (Lipinski definition) is 6. The Hall–Kier alpha value is -4.11. The lowest BCUT2D eigenvalue weighted by atomic mass is 10.1. The SMILES string of the molecule is COc1ccc([N+](=O)[O-])cc1-c1ccc(C=C2NC(=O)N(Cc3ccc(Cl)cc3)C2=O)o1. The monoisotopic (exact) mass is 453 g/mol. The summed E-state index contributed by atoms with van der Waals surface area (Å²) in [6, 6.07) is 13.6. The van der Waals surface area contributed by atoms with Crippen LogP contribution < -0.4 is 10.1 Å². The summed E-state index contributed by atoms with van der Waals surface area (Å²) >= 11 is 5.87. The van der Waals surface area contributed by atoms with Crippen LogP contribution in [0.2, 0.25) is 5.02 Å². The number of benzene rings is 2. The molecule has 0 atom stereocenters. The van der Waals surface area contributed by atoms with Crippen LogP contribution in [-0.4, -0.2) is 28.9 Å². The summed E-state index contributed by atoms with van der Waals surface area (Å²) in [4.78, 5) is 36.6. The van der Waals surface area contributed by atoms with Gasteiger partial charge < -0.3 is 14.5 Å².